The number of thiocarbonyl (C=S) groups is 1. The molecule has 7 heteroatoms. The molecule has 1 saturated heterocycles. The molecule has 1 heterocycles. The molecule has 3 fully saturated rings. The van der Waals surface area contributed by atoms with E-state index < -0.39 is 0 Å². The number of alkyl halides is 1. The molecule has 1 aromatic carbocycles. The highest BCUT2D eigenvalue weighted by Gasteiger charge is 2.42. The largest absolute Gasteiger partial charge is 0.359 e. The van der Waals surface area contributed by atoms with E-state index in [1.807, 2.05) is 24.3 Å². The number of hydrogen-bond donors (Lipinski definition) is 2. The number of halogens is 1. The van der Waals surface area contributed by atoms with Crippen molar-refractivity contribution in [1.29, 1.82) is 0 Å². The lowest BCUT2D eigenvalue weighted by Crippen LogP contribution is -2.61. The van der Waals surface area contributed by atoms with Crippen LogP contribution < -0.4 is 10.6 Å². The van der Waals surface area contributed by atoms with Crippen molar-refractivity contribution in [2.24, 2.45) is 5.92 Å². The maximum Gasteiger partial charge on any atom is 0.251 e. The van der Waals surface area contributed by atoms with Gasteiger partial charge in [-0.1, -0.05) is 40.9 Å². The molecule has 0 radical (unpaired) electrons. The average Bonchev–Trinajstić information content (AvgIpc) is 3.19. The predicted octanol–water partition coefficient (Wildman–Crippen LogP) is 3.51. The Morgan fingerprint density at radius 1 is 1.18 bits per heavy atom. The molecule has 2 saturated carbocycles. The van der Waals surface area contributed by atoms with Crippen LogP contribution in [0.5, 0.6) is 0 Å². The highest BCUT2D eigenvalue weighted by atomic mass is 79.9. The van der Waals surface area contributed by atoms with E-state index in [-0.39, 0.29) is 23.8 Å². The standard InChI is InChI=1S/C21H26BrN3O2S/c22-15-9-10-18-17(11-15)20(27)25(21(28)24-18)12-13-5-7-14(8-6-13)19(26)23-16-3-1-2-4-16/h5-8,15-18H,1-4,9-12H2,(H,23,26)(H,24,28). The fourth-order valence-electron chi connectivity index (χ4n) is 4.53. The molecule has 4 rings (SSSR count). The molecule has 3 aliphatic rings. The second-order valence-electron chi connectivity index (χ2n) is 8.15. The number of amides is 2. The Labute approximate surface area is 179 Å². The number of fused-ring (bicyclic) bond motifs is 1. The van der Waals surface area contributed by atoms with Crippen molar-refractivity contribution in [1.82, 2.24) is 15.5 Å². The molecule has 0 bridgehead atoms. The van der Waals surface area contributed by atoms with Crippen LogP contribution in [-0.2, 0) is 11.3 Å². The van der Waals surface area contributed by atoms with Gasteiger partial charge in [0.05, 0.1) is 12.5 Å². The van der Waals surface area contributed by atoms with Gasteiger partial charge >= 0.3 is 0 Å². The van der Waals surface area contributed by atoms with E-state index in [0.29, 0.717) is 28.1 Å². The van der Waals surface area contributed by atoms with Gasteiger partial charge in [0.1, 0.15) is 0 Å². The molecule has 2 aliphatic carbocycles. The minimum absolute atomic E-state index is 0.0157. The van der Waals surface area contributed by atoms with E-state index in [1.54, 1.807) is 4.90 Å². The first-order valence-corrected chi connectivity index (χ1v) is 11.5. The van der Waals surface area contributed by atoms with Crippen molar-refractivity contribution in [2.75, 3.05) is 0 Å². The summed E-state index contributed by atoms with van der Waals surface area (Å²) in [6.07, 6.45) is 7.40. The van der Waals surface area contributed by atoms with Gasteiger partial charge in [-0.25, -0.2) is 0 Å². The SMILES string of the molecule is O=C(NC1CCCC1)c1ccc(CN2C(=O)C3CC(Br)CCC3NC2=S)cc1. The van der Waals surface area contributed by atoms with Crippen LogP contribution in [0.25, 0.3) is 0 Å². The van der Waals surface area contributed by atoms with E-state index in [9.17, 15) is 9.59 Å². The first-order valence-electron chi connectivity index (χ1n) is 10.2. The molecular formula is C21H26BrN3O2S. The van der Waals surface area contributed by atoms with Gasteiger partial charge in [0.25, 0.3) is 5.91 Å². The summed E-state index contributed by atoms with van der Waals surface area (Å²) in [7, 11) is 0. The Balaban J connectivity index is 1.40. The van der Waals surface area contributed by atoms with Gasteiger partial charge in [-0.2, -0.15) is 0 Å². The summed E-state index contributed by atoms with van der Waals surface area (Å²) in [6.45, 7) is 0.436. The molecule has 28 heavy (non-hydrogen) atoms. The second kappa shape index (κ2) is 8.49. The monoisotopic (exact) mass is 463 g/mol. The molecule has 1 aliphatic heterocycles. The van der Waals surface area contributed by atoms with Crippen molar-refractivity contribution < 1.29 is 9.59 Å². The molecule has 150 valence electrons. The number of nitrogens with zero attached hydrogens (tertiary/aromatic N) is 1. The normalized spacial score (nSPS) is 28.0. The van der Waals surface area contributed by atoms with Crippen LogP contribution in [0.2, 0.25) is 0 Å². The van der Waals surface area contributed by atoms with Crippen LogP contribution in [0.4, 0.5) is 0 Å². The van der Waals surface area contributed by atoms with Gasteiger partial charge in [-0.15, -0.1) is 0 Å². The van der Waals surface area contributed by atoms with E-state index >= 15 is 0 Å². The van der Waals surface area contributed by atoms with Crippen molar-refractivity contribution in [3.8, 4) is 0 Å². The Kier molecular flexibility index (Phi) is 6.01. The molecule has 0 aromatic heterocycles. The summed E-state index contributed by atoms with van der Waals surface area (Å²) >= 11 is 9.13. The Bertz CT molecular complexity index is 763. The first-order chi connectivity index (χ1) is 13.5. The van der Waals surface area contributed by atoms with Crippen LogP contribution in [-0.4, -0.2) is 38.7 Å². The van der Waals surface area contributed by atoms with Crippen LogP contribution >= 0.6 is 28.1 Å². The quantitative estimate of drug-likeness (QED) is 0.529. The van der Waals surface area contributed by atoms with Gasteiger partial charge in [-0.3, -0.25) is 14.5 Å². The minimum atomic E-state index is -0.0266. The molecule has 5 nitrogen and oxygen atoms in total. The summed E-state index contributed by atoms with van der Waals surface area (Å²) in [4.78, 5) is 27.5. The lowest BCUT2D eigenvalue weighted by Gasteiger charge is -2.43. The van der Waals surface area contributed by atoms with Gasteiger partial charge in [-0.05, 0) is 62.0 Å². The summed E-state index contributed by atoms with van der Waals surface area (Å²) in [5.74, 6) is 0.0698. The fraction of sp³-hybridized carbons (Fsp3) is 0.571. The van der Waals surface area contributed by atoms with Crippen LogP contribution in [0.15, 0.2) is 24.3 Å². The number of carbonyl (C=O) groups excluding carboxylic acids is 2. The van der Waals surface area contributed by atoms with Crippen LogP contribution in [0.1, 0.15) is 60.9 Å². The zero-order valence-corrected chi connectivity index (χ0v) is 18.2. The number of nitrogens with one attached hydrogen (secondary N) is 2. The Hall–Kier alpha value is -1.47. The van der Waals surface area contributed by atoms with Crippen LogP contribution in [0, 0.1) is 5.92 Å². The third-order valence-corrected chi connectivity index (χ3v) is 7.34. The molecule has 2 amide bonds. The highest BCUT2D eigenvalue weighted by molar-refractivity contribution is 9.09. The Morgan fingerprint density at radius 2 is 1.89 bits per heavy atom. The van der Waals surface area contributed by atoms with Gasteiger partial charge in [0.15, 0.2) is 5.11 Å². The number of rotatable bonds is 4. The molecule has 0 spiro atoms. The van der Waals surface area contributed by atoms with Gasteiger partial charge in [0, 0.05) is 22.5 Å². The maximum atomic E-state index is 13.0. The number of benzene rings is 1. The van der Waals surface area contributed by atoms with Crippen molar-refractivity contribution in [2.45, 2.75) is 68.4 Å². The predicted molar refractivity (Wildman–Crippen MR) is 116 cm³/mol. The molecule has 3 unspecified atom stereocenters. The minimum Gasteiger partial charge on any atom is -0.359 e. The van der Waals surface area contributed by atoms with Crippen molar-refractivity contribution >= 4 is 45.1 Å². The average molecular weight is 464 g/mol. The van der Waals surface area contributed by atoms with E-state index in [1.165, 1.54) is 12.8 Å². The summed E-state index contributed by atoms with van der Waals surface area (Å²) < 4.78 is 0. The number of carbonyl (C=O) groups is 2. The second-order valence-corrected chi connectivity index (χ2v) is 9.83. The Morgan fingerprint density at radius 3 is 2.61 bits per heavy atom. The van der Waals surface area contributed by atoms with E-state index in [4.69, 9.17) is 12.2 Å². The lowest BCUT2D eigenvalue weighted by molar-refractivity contribution is -0.135. The topological polar surface area (TPSA) is 61.4 Å². The van der Waals surface area contributed by atoms with E-state index in [2.05, 4.69) is 26.6 Å². The summed E-state index contributed by atoms with van der Waals surface area (Å²) in [6, 6.07) is 7.97. The zero-order valence-electron chi connectivity index (χ0n) is 15.8. The lowest BCUT2D eigenvalue weighted by atomic mass is 9.82. The molecule has 2 N–H and O–H groups in total. The van der Waals surface area contributed by atoms with Crippen molar-refractivity contribution in [3.05, 3.63) is 35.4 Å². The maximum absolute atomic E-state index is 13.0. The van der Waals surface area contributed by atoms with Gasteiger partial charge < -0.3 is 10.6 Å². The third kappa shape index (κ3) is 4.25. The fourth-order valence-corrected chi connectivity index (χ4v) is 5.51. The molecule has 1 aromatic rings. The smallest absolute Gasteiger partial charge is 0.251 e. The van der Waals surface area contributed by atoms with E-state index in [0.717, 1.165) is 37.7 Å². The van der Waals surface area contributed by atoms with Crippen molar-refractivity contribution in [3.63, 3.8) is 0 Å². The summed E-state index contributed by atoms with van der Waals surface area (Å²) in [5, 5.41) is 6.98. The highest BCUT2D eigenvalue weighted by Crippen LogP contribution is 2.33. The van der Waals surface area contributed by atoms with Crippen LogP contribution in [0.3, 0.4) is 0 Å². The number of hydrogen-bond acceptors (Lipinski definition) is 3. The zero-order chi connectivity index (χ0) is 19.7. The van der Waals surface area contributed by atoms with Gasteiger partial charge in [0.2, 0.25) is 5.91 Å². The third-order valence-electron chi connectivity index (χ3n) is 6.17. The molecular weight excluding hydrogens is 438 g/mol. The first kappa shape index (κ1) is 19.8. The summed E-state index contributed by atoms with van der Waals surface area (Å²) in [5.41, 5.74) is 1.63. The molecule has 3 atom stereocenters.